The van der Waals surface area contributed by atoms with Crippen LogP contribution in [-0.2, 0) is 0 Å². The summed E-state index contributed by atoms with van der Waals surface area (Å²) in [5.41, 5.74) is 0.805. The van der Waals surface area contributed by atoms with E-state index in [-0.39, 0.29) is 5.91 Å². The molecule has 1 heterocycles. The first-order valence-corrected chi connectivity index (χ1v) is 6.21. The first-order valence-electron chi connectivity index (χ1n) is 5.42. The van der Waals surface area contributed by atoms with Crippen molar-refractivity contribution in [2.45, 2.75) is 0 Å². The van der Waals surface area contributed by atoms with Crippen molar-refractivity contribution in [1.29, 1.82) is 0 Å². The second kappa shape index (κ2) is 5.69. The van der Waals surface area contributed by atoms with E-state index >= 15 is 0 Å². The number of para-hydroxylation sites is 1. The minimum Gasteiger partial charge on any atom is -0.459 e. The maximum absolute atomic E-state index is 12.3. The third-order valence-electron chi connectivity index (χ3n) is 2.37. The van der Waals surface area contributed by atoms with Gasteiger partial charge in [-0.3, -0.25) is 4.79 Å². The van der Waals surface area contributed by atoms with Gasteiger partial charge in [0.15, 0.2) is 5.76 Å². The maximum atomic E-state index is 12.3. The van der Waals surface area contributed by atoms with Crippen molar-refractivity contribution in [2.24, 2.45) is 0 Å². The fraction of sp³-hybridized carbons (Fsp3) is 0.0714. The fourth-order valence-electron chi connectivity index (χ4n) is 1.59. The Kier molecular flexibility index (Phi) is 3.99. The van der Waals surface area contributed by atoms with Crippen molar-refractivity contribution in [3.63, 3.8) is 0 Å². The zero-order chi connectivity index (χ0) is 13.0. The lowest BCUT2D eigenvalue weighted by Gasteiger charge is -2.21. The highest BCUT2D eigenvalue weighted by molar-refractivity contribution is 9.11. The van der Waals surface area contributed by atoms with Gasteiger partial charge in [-0.1, -0.05) is 40.7 Å². The molecule has 92 valence electrons. The molecule has 3 nitrogen and oxygen atoms in total. The van der Waals surface area contributed by atoms with Gasteiger partial charge in [0.05, 0.1) is 12.8 Å². The van der Waals surface area contributed by atoms with Crippen LogP contribution >= 0.6 is 15.9 Å². The predicted octanol–water partition coefficient (Wildman–Crippen LogP) is 3.84. The molecule has 0 saturated carbocycles. The van der Waals surface area contributed by atoms with E-state index in [0.717, 1.165) is 10.2 Å². The molecule has 0 bridgehead atoms. The summed E-state index contributed by atoms with van der Waals surface area (Å²) in [6.45, 7) is 4.17. The summed E-state index contributed by atoms with van der Waals surface area (Å²) in [4.78, 5) is 13.9. The molecule has 1 aromatic carbocycles. The Morgan fingerprint density at radius 1 is 1.22 bits per heavy atom. The van der Waals surface area contributed by atoms with Gasteiger partial charge >= 0.3 is 0 Å². The van der Waals surface area contributed by atoms with Crippen LogP contribution in [0.1, 0.15) is 10.6 Å². The van der Waals surface area contributed by atoms with E-state index in [9.17, 15) is 4.79 Å². The van der Waals surface area contributed by atoms with Gasteiger partial charge in [-0.2, -0.15) is 0 Å². The predicted molar refractivity (Wildman–Crippen MR) is 74.9 cm³/mol. The average molecular weight is 306 g/mol. The highest BCUT2D eigenvalue weighted by Crippen LogP contribution is 2.19. The van der Waals surface area contributed by atoms with E-state index < -0.39 is 0 Å². The summed E-state index contributed by atoms with van der Waals surface area (Å²) in [7, 11) is 0. The van der Waals surface area contributed by atoms with Gasteiger partial charge in [-0.05, 0) is 24.3 Å². The standard InChI is InChI=1S/C14H12BrNO2/c1-11(15)10-16(12-6-3-2-4-7-12)14(17)13-8-5-9-18-13/h2-9H,1,10H2. The SMILES string of the molecule is C=C(Br)CN(C(=O)c1ccco1)c1ccccc1. The van der Waals surface area contributed by atoms with Crippen molar-refractivity contribution >= 4 is 27.5 Å². The Morgan fingerprint density at radius 2 is 1.94 bits per heavy atom. The molecule has 2 rings (SSSR count). The summed E-state index contributed by atoms with van der Waals surface area (Å²) < 4.78 is 5.87. The number of anilines is 1. The molecule has 0 unspecified atom stereocenters. The molecular weight excluding hydrogens is 294 g/mol. The van der Waals surface area contributed by atoms with Crippen LogP contribution in [-0.4, -0.2) is 12.5 Å². The normalized spacial score (nSPS) is 10.1. The first kappa shape index (κ1) is 12.6. The zero-order valence-corrected chi connectivity index (χ0v) is 11.3. The number of furan rings is 1. The van der Waals surface area contributed by atoms with Crippen molar-refractivity contribution in [3.05, 3.63) is 65.5 Å². The number of halogens is 1. The van der Waals surface area contributed by atoms with Crippen LogP contribution in [0.3, 0.4) is 0 Å². The minimum absolute atomic E-state index is 0.188. The van der Waals surface area contributed by atoms with Gasteiger partial charge in [-0.15, -0.1) is 0 Å². The molecule has 1 amide bonds. The zero-order valence-electron chi connectivity index (χ0n) is 9.67. The second-order valence-electron chi connectivity index (χ2n) is 3.72. The molecule has 0 aliphatic rings. The van der Waals surface area contributed by atoms with E-state index in [1.165, 1.54) is 6.26 Å². The largest absolute Gasteiger partial charge is 0.459 e. The molecule has 1 aromatic heterocycles. The number of amides is 1. The van der Waals surface area contributed by atoms with Crippen LogP contribution in [0.4, 0.5) is 5.69 Å². The smallest absolute Gasteiger partial charge is 0.294 e. The Balaban J connectivity index is 2.31. The molecule has 0 fully saturated rings. The topological polar surface area (TPSA) is 33.5 Å². The summed E-state index contributed by atoms with van der Waals surface area (Å²) in [6.07, 6.45) is 1.49. The van der Waals surface area contributed by atoms with Gasteiger partial charge in [0.2, 0.25) is 0 Å². The monoisotopic (exact) mass is 305 g/mol. The van der Waals surface area contributed by atoms with Gasteiger partial charge < -0.3 is 9.32 Å². The number of benzene rings is 1. The number of carbonyl (C=O) groups is 1. The summed E-state index contributed by atoms with van der Waals surface area (Å²) in [6, 6.07) is 12.8. The fourth-order valence-corrected chi connectivity index (χ4v) is 1.84. The van der Waals surface area contributed by atoms with Crippen LogP contribution in [0.15, 0.2) is 64.2 Å². The summed E-state index contributed by atoms with van der Waals surface area (Å²) >= 11 is 3.28. The van der Waals surface area contributed by atoms with Crippen LogP contribution in [0.25, 0.3) is 0 Å². The van der Waals surface area contributed by atoms with E-state index in [2.05, 4.69) is 22.5 Å². The van der Waals surface area contributed by atoms with Crippen LogP contribution in [0.5, 0.6) is 0 Å². The van der Waals surface area contributed by atoms with Crippen LogP contribution < -0.4 is 4.90 Å². The first-order chi connectivity index (χ1) is 8.68. The second-order valence-corrected chi connectivity index (χ2v) is 4.84. The van der Waals surface area contributed by atoms with E-state index in [4.69, 9.17) is 4.42 Å². The van der Waals surface area contributed by atoms with Crippen molar-refractivity contribution in [3.8, 4) is 0 Å². The van der Waals surface area contributed by atoms with E-state index in [0.29, 0.717) is 12.3 Å². The van der Waals surface area contributed by atoms with Gasteiger partial charge in [-0.25, -0.2) is 0 Å². The number of hydrogen-bond donors (Lipinski definition) is 0. The lowest BCUT2D eigenvalue weighted by molar-refractivity contribution is 0.0963. The van der Waals surface area contributed by atoms with Crippen LogP contribution in [0, 0.1) is 0 Å². The molecule has 0 saturated heterocycles. The van der Waals surface area contributed by atoms with Gasteiger partial charge in [0.25, 0.3) is 5.91 Å². The Morgan fingerprint density at radius 3 is 2.50 bits per heavy atom. The summed E-state index contributed by atoms with van der Waals surface area (Å²) in [5, 5.41) is 0. The molecular formula is C14H12BrNO2. The van der Waals surface area contributed by atoms with Gasteiger partial charge in [0, 0.05) is 10.2 Å². The molecule has 18 heavy (non-hydrogen) atoms. The Labute approximate surface area is 114 Å². The molecule has 4 heteroatoms. The van der Waals surface area contributed by atoms with Crippen molar-refractivity contribution in [1.82, 2.24) is 0 Å². The quantitative estimate of drug-likeness (QED) is 0.860. The third-order valence-corrected chi connectivity index (χ3v) is 2.63. The number of hydrogen-bond acceptors (Lipinski definition) is 2. The molecule has 0 N–H and O–H groups in total. The average Bonchev–Trinajstić information content (AvgIpc) is 2.90. The summed E-state index contributed by atoms with van der Waals surface area (Å²) in [5.74, 6) is 0.124. The third kappa shape index (κ3) is 2.90. The van der Waals surface area contributed by atoms with Crippen LogP contribution in [0.2, 0.25) is 0 Å². The molecule has 0 aliphatic heterocycles. The molecule has 2 aromatic rings. The number of nitrogens with zero attached hydrogens (tertiary/aromatic N) is 1. The van der Waals surface area contributed by atoms with Crippen molar-refractivity contribution in [2.75, 3.05) is 11.4 Å². The van der Waals surface area contributed by atoms with Gasteiger partial charge in [0.1, 0.15) is 0 Å². The molecule has 0 atom stereocenters. The molecule has 0 aliphatic carbocycles. The molecule has 0 radical (unpaired) electrons. The highest BCUT2D eigenvalue weighted by Gasteiger charge is 2.19. The maximum Gasteiger partial charge on any atom is 0.294 e. The lowest BCUT2D eigenvalue weighted by atomic mass is 10.2. The number of carbonyl (C=O) groups excluding carboxylic acids is 1. The highest BCUT2D eigenvalue weighted by atomic mass is 79.9. The number of rotatable bonds is 4. The van der Waals surface area contributed by atoms with E-state index in [1.54, 1.807) is 17.0 Å². The lowest BCUT2D eigenvalue weighted by Crippen LogP contribution is -2.31. The Bertz CT molecular complexity index is 534. The minimum atomic E-state index is -0.188. The van der Waals surface area contributed by atoms with E-state index in [1.807, 2.05) is 30.3 Å². The van der Waals surface area contributed by atoms with Crippen molar-refractivity contribution < 1.29 is 9.21 Å². The Hall–Kier alpha value is -1.81. The molecule has 0 spiro atoms.